The van der Waals surface area contributed by atoms with Crippen LogP contribution in [0.1, 0.15) is 117 Å². The molecule has 9 atom stereocenters. The Bertz CT molecular complexity index is 1860. The van der Waals surface area contributed by atoms with Crippen molar-refractivity contribution >= 4 is 42.5 Å². The Labute approximate surface area is 396 Å². The number of aliphatic hydroxyl groups is 2. The number of carboxylic acids is 1. The fourth-order valence-corrected chi connectivity index (χ4v) is 7.84. The molecule has 8 unspecified atom stereocenters. The molecule has 0 saturated carbocycles. The van der Waals surface area contributed by atoms with Crippen LogP contribution in [-0.2, 0) is 65.4 Å². The molecule has 368 valence electrons. The van der Waals surface area contributed by atoms with E-state index in [1.807, 2.05) is 58.0 Å². The zero-order valence-corrected chi connectivity index (χ0v) is 41.0. The molecule has 0 amide bonds. The summed E-state index contributed by atoms with van der Waals surface area (Å²) in [6.07, 6.45) is 4.27. The molecule has 0 radical (unpaired) electrons. The van der Waals surface area contributed by atoms with E-state index >= 15 is 0 Å². The Morgan fingerprint density at radius 3 is 1.97 bits per heavy atom. The van der Waals surface area contributed by atoms with Crippen LogP contribution in [0.5, 0.6) is 0 Å². The maximum absolute atomic E-state index is 14.1. The van der Waals surface area contributed by atoms with Crippen molar-refractivity contribution in [2.75, 3.05) is 19.5 Å². The molecule has 15 heteroatoms. The number of carbonyl (C=O) groups excluding carboxylic acids is 4. The summed E-state index contributed by atoms with van der Waals surface area (Å²) in [6, 6.07) is 18.4. The molecule has 2 fully saturated rings. The van der Waals surface area contributed by atoms with Gasteiger partial charge in [-0.15, -0.1) is 0 Å². The number of unbranched alkanes of at least 4 members (excludes halogenated alkanes) is 2. The topological polar surface area (TPSA) is 201 Å². The zero-order chi connectivity index (χ0) is 49.5. The summed E-state index contributed by atoms with van der Waals surface area (Å²) in [4.78, 5) is 64.3. The molecule has 4 rings (SSSR count). The molecule has 2 aliphatic rings. The van der Waals surface area contributed by atoms with Crippen LogP contribution in [0.4, 0.5) is 0 Å². The Hall–Kier alpha value is -4.54. The third kappa shape index (κ3) is 16.1. The fraction of sp³-hybridized carbons (Fsp3) is 0.588. The van der Waals surface area contributed by atoms with Crippen molar-refractivity contribution < 1.29 is 67.7 Å². The van der Waals surface area contributed by atoms with Crippen molar-refractivity contribution in [1.29, 1.82) is 0 Å². The van der Waals surface area contributed by atoms with Crippen molar-refractivity contribution in [3.63, 3.8) is 0 Å². The number of benzene rings is 2. The second-order valence-electron chi connectivity index (χ2n) is 17.1. The third-order valence-electron chi connectivity index (χ3n) is 11.6. The first-order chi connectivity index (χ1) is 31.4. The first-order valence-electron chi connectivity index (χ1n) is 23.0. The molecule has 14 nitrogen and oxygen atoms in total. The highest BCUT2D eigenvalue weighted by Crippen LogP contribution is 2.55. The number of fused-ring (bicyclic) bond motifs is 2. The minimum absolute atomic E-state index is 0.0280. The quantitative estimate of drug-likeness (QED) is 0.0196. The molecule has 2 aromatic rings. The molecular weight excluding hydrogens is 869 g/mol. The Morgan fingerprint density at radius 1 is 0.879 bits per heavy atom. The lowest BCUT2D eigenvalue weighted by Gasteiger charge is -2.50. The highest BCUT2D eigenvalue weighted by molar-refractivity contribution is 7.79. The van der Waals surface area contributed by atoms with E-state index in [0.717, 1.165) is 18.4 Å². The number of hydrogen-bond donors (Lipinski definition) is 4. The van der Waals surface area contributed by atoms with E-state index in [-0.39, 0.29) is 38.6 Å². The van der Waals surface area contributed by atoms with Crippen LogP contribution < -0.4 is 0 Å². The van der Waals surface area contributed by atoms with Crippen LogP contribution in [0.3, 0.4) is 0 Å². The number of hydrogen-bond acceptors (Lipinski definition) is 14. The van der Waals surface area contributed by atoms with E-state index in [9.17, 15) is 34.2 Å². The summed E-state index contributed by atoms with van der Waals surface area (Å²) >= 11 is 3.53. The lowest BCUT2D eigenvalue weighted by Crippen LogP contribution is -2.76. The predicted molar refractivity (Wildman–Crippen MR) is 253 cm³/mol. The predicted octanol–water partition coefficient (Wildman–Crippen LogP) is 8.16. The van der Waals surface area contributed by atoms with Crippen molar-refractivity contribution in [1.82, 2.24) is 0 Å². The van der Waals surface area contributed by atoms with Gasteiger partial charge in [-0.3, -0.25) is 4.79 Å². The lowest BCUT2D eigenvalue weighted by atomic mass is 9.76. The van der Waals surface area contributed by atoms with Gasteiger partial charge in [-0.2, -0.15) is 12.6 Å². The maximum Gasteiger partial charge on any atom is 0.345 e. The van der Waals surface area contributed by atoms with E-state index < -0.39 is 71.6 Å². The van der Waals surface area contributed by atoms with E-state index in [1.54, 1.807) is 42.7 Å². The minimum atomic E-state index is -3.11. The average Bonchev–Trinajstić information content (AvgIpc) is 3.57. The highest BCUT2D eigenvalue weighted by atomic mass is 32.1. The Kier molecular flexibility index (Phi) is 24.9. The van der Waals surface area contributed by atoms with Crippen LogP contribution in [0.2, 0.25) is 0 Å². The van der Waals surface area contributed by atoms with Gasteiger partial charge < -0.3 is 43.7 Å². The number of aliphatic carboxylic acids is 1. The summed E-state index contributed by atoms with van der Waals surface area (Å²) in [6.45, 7) is 17.1. The molecule has 66 heavy (non-hydrogen) atoms. The van der Waals surface area contributed by atoms with Gasteiger partial charge in [0.2, 0.25) is 17.3 Å². The number of carboxylic acid groups (broad SMARTS) is 1. The largest absolute Gasteiger partial charge is 0.478 e. The van der Waals surface area contributed by atoms with Crippen LogP contribution in [0.15, 0.2) is 85.0 Å². The van der Waals surface area contributed by atoms with Crippen LogP contribution in [-0.4, -0.2) is 99.9 Å². The molecule has 3 N–H and O–H groups in total. The first kappa shape index (κ1) is 57.6. The molecule has 0 aromatic heterocycles. The van der Waals surface area contributed by atoms with Crippen LogP contribution in [0.25, 0.3) is 0 Å². The Balaban J connectivity index is 0.000000926. The lowest BCUT2D eigenvalue weighted by molar-refractivity contribution is -0.374. The van der Waals surface area contributed by atoms with Gasteiger partial charge in [0.05, 0.1) is 13.2 Å². The van der Waals surface area contributed by atoms with Crippen LogP contribution in [0, 0.1) is 17.8 Å². The van der Waals surface area contributed by atoms with Gasteiger partial charge in [0.1, 0.15) is 18.8 Å². The first-order valence-corrected chi connectivity index (χ1v) is 23.9. The van der Waals surface area contributed by atoms with Gasteiger partial charge in [-0.1, -0.05) is 134 Å². The van der Waals surface area contributed by atoms with Gasteiger partial charge in [-0.05, 0) is 66.9 Å². The molecule has 2 aliphatic heterocycles. The Morgan fingerprint density at radius 2 is 1.44 bits per heavy atom. The number of rotatable bonds is 24. The summed E-state index contributed by atoms with van der Waals surface area (Å²) in [5.41, 5.74) is -3.63. The van der Waals surface area contributed by atoms with Gasteiger partial charge >= 0.3 is 29.8 Å². The number of esters is 4. The average molecular weight is 943 g/mol. The number of carbonyl (C=O) groups is 5. The van der Waals surface area contributed by atoms with Crippen molar-refractivity contribution in [3.8, 4) is 0 Å². The molecule has 2 heterocycles. The SMILES string of the molecule is C=C(CCC12OC(C(=O)OCc3ccccc3)C(O)(C(=O)OCCCC)C(C(=O)OCCCC)(C[C@H]1O)O2)C(OC(C)=O)C(C)Cc1ccccc1.CCC(C)CC(C)/C=C/C(=O)O.CS. The van der Waals surface area contributed by atoms with Gasteiger partial charge in [-0.25, -0.2) is 19.2 Å². The molecule has 2 bridgehead atoms. The van der Waals surface area contributed by atoms with Crippen LogP contribution >= 0.6 is 12.6 Å². The van der Waals surface area contributed by atoms with Gasteiger partial charge in [0, 0.05) is 31.8 Å². The number of thiol groups is 1. The molecular formula is C51H74O14S. The van der Waals surface area contributed by atoms with Crippen molar-refractivity contribution in [2.24, 2.45) is 17.8 Å². The second-order valence-corrected chi connectivity index (χ2v) is 17.1. The van der Waals surface area contributed by atoms with E-state index in [4.69, 9.17) is 33.5 Å². The van der Waals surface area contributed by atoms with E-state index in [0.29, 0.717) is 55.1 Å². The van der Waals surface area contributed by atoms with Gasteiger partial charge in [0.25, 0.3) is 0 Å². The molecule has 2 saturated heterocycles. The molecule has 0 aliphatic carbocycles. The number of ether oxygens (including phenoxy) is 6. The van der Waals surface area contributed by atoms with Gasteiger partial charge in [0.15, 0.2) is 5.79 Å². The monoisotopic (exact) mass is 942 g/mol. The molecule has 0 spiro atoms. The zero-order valence-electron chi connectivity index (χ0n) is 40.1. The second kappa shape index (κ2) is 28.6. The summed E-state index contributed by atoms with van der Waals surface area (Å²) in [5.74, 6) is -6.35. The summed E-state index contributed by atoms with van der Waals surface area (Å²) in [5, 5.41) is 32.5. The maximum atomic E-state index is 14.1. The van der Waals surface area contributed by atoms with E-state index in [1.165, 1.54) is 13.0 Å². The fourth-order valence-electron chi connectivity index (χ4n) is 7.84. The third-order valence-corrected chi connectivity index (χ3v) is 11.6. The highest BCUT2D eigenvalue weighted by Gasteiger charge is 2.81. The summed E-state index contributed by atoms with van der Waals surface area (Å²) < 4.78 is 34.7. The smallest absolute Gasteiger partial charge is 0.345 e. The summed E-state index contributed by atoms with van der Waals surface area (Å²) in [7, 11) is 0. The van der Waals surface area contributed by atoms with Crippen molar-refractivity contribution in [2.45, 2.75) is 155 Å². The standard InChI is InChI=1S/C40H52O12.C10H18O2.CH4S/c1-6-8-22-47-36(44)38-25-32(42)39(52-38,21-20-27(3)33(50-29(5)41)28(4)24-30-16-12-10-13-17-30)51-34(40(38,46)37(45)48-23-9-7-2)35(43)49-26-31-18-14-11-15-19-31;1-4-8(2)7-9(3)5-6-10(11)12;1-2/h10-19,28,32-34,42,46H,3,6-9,20-26H2,1-2,4-5H3;5-6,8-9H,4,7H2,1-3H3,(H,11,12);2H,1H3/b;6-5+;/t28?,32-,33?,34?,38?,39?,40?;;/m1../s1. The normalized spacial score (nSPS) is 23.6. The number of aliphatic hydroxyl groups excluding tert-OH is 1. The minimum Gasteiger partial charge on any atom is -0.478 e. The number of allylic oxidation sites excluding steroid dienone is 1. The van der Waals surface area contributed by atoms with E-state index in [2.05, 4.69) is 33.1 Å². The molecule has 2 aromatic carbocycles. The van der Waals surface area contributed by atoms with Crippen molar-refractivity contribution in [3.05, 3.63) is 96.1 Å².